The van der Waals surface area contributed by atoms with Gasteiger partial charge in [-0.25, -0.2) is 9.97 Å². The average molecular weight is 416 g/mol. The predicted octanol–water partition coefficient (Wildman–Crippen LogP) is 3.92. The molecule has 1 aromatic carbocycles. The Morgan fingerprint density at radius 2 is 2.07 bits per heavy atom. The van der Waals surface area contributed by atoms with Crippen LogP contribution in [0.2, 0.25) is 0 Å². The van der Waals surface area contributed by atoms with E-state index in [2.05, 4.69) is 20.6 Å². The maximum Gasteiger partial charge on any atom is 0.417 e. The first-order valence-corrected chi connectivity index (χ1v) is 9.52. The molecule has 3 aromatic rings. The predicted molar refractivity (Wildman–Crippen MR) is 104 cm³/mol. The first-order chi connectivity index (χ1) is 14.4. The third-order valence-corrected chi connectivity index (χ3v) is 4.85. The summed E-state index contributed by atoms with van der Waals surface area (Å²) in [7, 11) is 0. The molecule has 0 saturated carbocycles. The van der Waals surface area contributed by atoms with Gasteiger partial charge in [0.2, 0.25) is 5.88 Å². The molecule has 1 atom stereocenters. The van der Waals surface area contributed by atoms with Crippen LogP contribution in [0.3, 0.4) is 0 Å². The second kappa shape index (κ2) is 8.27. The summed E-state index contributed by atoms with van der Waals surface area (Å²) in [6.45, 7) is 1.53. The van der Waals surface area contributed by atoms with E-state index in [0.29, 0.717) is 29.5 Å². The molecule has 0 aliphatic carbocycles. The maximum atomic E-state index is 12.6. The number of alkyl halides is 3. The molecule has 30 heavy (non-hydrogen) atoms. The number of amides is 1. The van der Waals surface area contributed by atoms with Crippen molar-refractivity contribution in [2.75, 3.05) is 13.1 Å². The highest BCUT2D eigenvalue weighted by atomic mass is 19.4. The molecular formula is C21H19F3N4O2. The number of nitrogens with zero attached hydrogens (tertiary/aromatic N) is 2. The summed E-state index contributed by atoms with van der Waals surface area (Å²) in [5.74, 6) is 0.216. The SMILES string of the molecule is O=C(NC[C@@H]1CCCN1)c1ccc2cc(Oc3ccc(C(F)(F)F)cn3)ccc2n1. The van der Waals surface area contributed by atoms with Crippen LogP contribution in [-0.2, 0) is 6.18 Å². The van der Waals surface area contributed by atoms with Gasteiger partial charge in [-0.1, -0.05) is 6.07 Å². The molecule has 1 aliphatic heterocycles. The third-order valence-electron chi connectivity index (χ3n) is 4.85. The minimum atomic E-state index is -4.45. The molecule has 1 fully saturated rings. The zero-order chi connectivity index (χ0) is 21.1. The molecule has 0 radical (unpaired) electrons. The molecule has 0 unspecified atom stereocenters. The van der Waals surface area contributed by atoms with E-state index in [9.17, 15) is 18.0 Å². The summed E-state index contributed by atoms with van der Waals surface area (Å²) >= 11 is 0. The normalized spacial score (nSPS) is 16.6. The molecule has 156 valence electrons. The van der Waals surface area contributed by atoms with Gasteiger partial charge in [0.25, 0.3) is 5.91 Å². The van der Waals surface area contributed by atoms with Crippen molar-refractivity contribution in [1.82, 2.24) is 20.6 Å². The van der Waals surface area contributed by atoms with Crippen molar-refractivity contribution in [3.63, 3.8) is 0 Å². The van der Waals surface area contributed by atoms with E-state index in [4.69, 9.17) is 4.74 Å². The highest BCUT2D eigenvalue weighted by Crippen LogP contribution is 2.30. The molecule has 2 N–H and O–H groups in total. The molecule has 1 amide bonds. The number of halogens is 3. The molecule has 3 heterocycles. The highest BCUT2D eigenvalue weighted by Gasteiger charge is 2.30. The van der Waals surface area contributed by atoms with Gasteiger partial charge in [-0.15, -0.1) is 0 Å². The average Bonchev–Trinajstić information content (AvgIpc) is 3.25. The lowest BCUT2D eigenvalue weighted by Gasteiger charge is -2.11. The first kappa shape index (κ1) is 20.1. The number of fused-ring (bicyclic) bond motifs is 1. The Bertz CT molecular complexity index is 1050. The number of rotatable bonds is 5. The standard InChI is InChI=1S/C21H19F3N4O2/c22-21(23,24)14-4-8-19(26-11-14)30-16-5-7-17-13(10-16)3-6-18(28-17)20(29)27-12-15-2-1-9-25-15/h3-8,10-11,15,25H,1-2,9,12H2,(H,27,29)/t15-/m0/s1. The van der Waals surface area contributed by atoms with Gasteiger partial charge in [0.1, 0.15) is 11.4 Å². The smallest absolute Gasteiger partial charge is 0.417 e. The number of aromatic nitrogens is 2. The monoisotopic (exact) mass is 416 g/mol. The number of pyridine rings is 2. The van der Waals surface area contributed by atoms with E-state index < -0.39 is 11.7 Å². The Morgan fingerprint density at radius 3 is 2.77 bits per heavy atom. The van der Waals surface area contributed by atoms with Crippen LogP contribution in [0.15, 0.2) is 48.7 Å². The molecule has 6 nitrogen and oxygen atoms in total. The van der Waals surface area contributed by atoms with Crippen molar-refractivity contribution in [3.8, 4) is 11.6 Å². The molecule has 0 bridgehead atoms. The summed E-state index contributed by atoms with van der Waals surface area (Å²) in [5, 5.41) is 6.94. The zero-order valence-corrected chi connectivity index (χ0v) is 15.9. The maximum absolute atomic E-state index is 12.6. The fourth-order valence-electron chi connectivity index (χ4n) is 3.26. The van der Waals surface area contributed by atoms with Crippen molar-refractivity contribution in [1.29, 1.82) is 0 Å². The van der Waals surface area contributed by atoms with E-state index in [-0.39, 0.29) is 11.8 Å². The van der Waals surface area contributed by atoms with Gasteiger partial charge in [0.15, 0.2) is 0 Å². The Hall–Kier alpha value is -3.20. The largest absolute Gasteiger partial charge is 0.439 e. The number of hydrogen-bond donors (Lipinski definition) is 2. The highest BCUT2D eigenvalue weighted by molar-refractivity contribution is 5.95. The van der Waals surface area contributed by atoms with Gasteiger partial charge in [-0.3, -0.25) is 4.79 Å². The van der Waals surface area contributed by atoms with E-state index in [1.807, 2.05) is 0 Å². The zero-order valence-electron chi connectivity index (χ0n) is 15.9. The van der Waals surface area contributed by atoms with E-state index in [0.717, 1.165) is 43.1 Å². The Morgan fingerprint density at radius 1 is 1.20 bits per heavy atom. The number of hydrogen-bond acceptors (Lipinski definition) is 5. The lowest BCUT2D eigenvalue weighted by molar-refractivity contribution is -0.137. The van der Waals surface area contributed by atoms with Crippen molar-refractivity contribution < 1.29 is 22.7 Å². The summed E-state index contributed by atoms with van der Waals surface area (Å²) in [5.41, 5.74) is 0.0834. The van der Waals surface area contributed by atoms with E-state index in [1.54, 1.807) is 30.3 Å². The van der Waals surface area contributed by atoms with Gasteiger partial charge in [0, 0.05) is 30.2 Å². The number of benzene rings is 1. The van der Waals surface area contributed by atoms with Crippen LogP contribution < -0.4 is 15.4 Å². The fraction of sp³-hybridized carbons (Fsp3) is 0.286. The van der Waals surface area contributed by atoms with Gasteiger partial charge in [-0.05, 0) is 49.7 Å². The minimum Gasteiger partial charge on any atom is -0.439 e. The fourth-order valence-corrected chi connectivity index (χ4v) is 3.26. The van der Waals surface area contributed by atoms with Crippen molar-refractivity contribution in [3.05, 3.63) is 59.9 Å². The summed E-state index contributed by atoms with van der Waals surface area (Å²) in [6.07, 6.45) is -1.56. The lowest BCUT2D eigenvalue weighted by Crippen LogP contribution is -2.37. The lowest BCUT2D eigenvalue weighted by atomic mass is 10.2. The second-order valence-electron chi connectivity index (χ2n) is 7.04. The molecular weight excluding hydrogens is 397 g/mol. The summed E-state index contributed by atoms with van der Waals surface area (Å²) in [6, 6.07) is 10.7. The third kappa shape index (κ3) is 4.68. The minimum absolute atomic E-state index is 0.0480. The molecule has 9 heteroatoms. The van der Waals surface area contributed by atoms with Crippen LogP contribution in [0.5, 0.6) is 11.6 Å². The molecule has 1 aliphatic rings. The van der Waals surface area contributed by atoms with Gasteiger partial charge in [0.05, 0.1) is 11.1 Å². The van der Waals surface area contributed by atoms with Crippen LogP contribution >= 0.6 is 0 Å². The van der Waals surface area contributed by atoms with Crippen LogP contribution in [0, 0.1) is 0 Å². The number of nitrogens with one attached hydrogen (secondary N) is 2. The van der Waals surface area contributed by atoms with Crippen LogP contribution in [0.25, 0.3) is 10.9 Å². The Labute approximate surface area is 170 Å². The molecule has 2 aromatic heterocycles. The van der Waals surface area contributed by atoms with Crippen LogP contribution in [-0.4, -0.2) is 35.0 Å². The van der Waals surface area contributed by atoms with Crippen molar-refractivity contribution >= 4 is 16.8 Å². The molecule has 4 rings (SSSR count). The quantitative estimate of drug-likeness (QED) is 0.659. The first-order valence-electron chi connectivity index (χ1n) is 9.52. The van der Waals surface area contributed by atoms with Crippen molar-refractivity contribution in [2.24, 2.45) is 0 Å². The summed E-state index contributed by atoms with van der Waals surface area (Å²) < 4.78 is 43.4. The van der Waals surface area contributed by atoms with Gasteiger partial charge >= 0.3 is 6.18 Å². The number of ether oxygens (including phenoxy) is 1. The number of carbonyl (C=O) groups excluding carboxylic acids is 1. The Balaban J connectivity index is 1.44. The summed E-state index contributed by atoms with van der Waals surface area (Å²) in [4.78, 5) is 20.4. The van der Waals surface area contributed by atoms with Gasteiger partial charge < -0.3 is 15.4 Å². The Kier molecular flexibility index (Phi) is 5.54. The molecule has 1 saturated heterocycles. The molecule has 0 spiro atoms. The van der Waals surface area contributed by atoms with Gasteiger partial charge in [-0.2, -0.15) is 13.2 Å². The number of carbonyl (C=O) groups is 1. The van der Waals surface area contributed by atoms with Crippen LogP contribution in [0.4, 0.5) is 13.2 Å². The van der Waals surface area contributed by atoms with Crippen molar-refractivity contribution in [2.45, 2.75) is 25.1 Å². The topological polar surface area (TPSA) is 76.1 Å². The second-order valence-corrected chi connectivity index (χ2v) is 7.04. The van der Waals surface area contributed by atoms with E-state index in [1.165, 1.54) is 0 Å². The van der Waals surface area contributed by atoms with Crippen LogP contribution in [0.1, 0.15) is 28.9 Å². The van der Waals surface area contributed by atoms with E-state index >= 15 is 0 Å².